The first kappa shape index (κ1) is 23.9. The molecule has 1 N–H and O–H groups in total. The van der Waals surface area contributed by atoms with Gasteiger partial charge in [-0.05, 0) is 42.5 Å². The third-order valence-corrected chi connectivity index (χ3v) is 5.94. The van der Waals surface area contributed by atoms with Gasteiger partial charge >= 0.3 is 6.18 Å². The van der Waals surface area contributed by atoms with Crippen LogP contribution < -0.4 is 14.9 Å². The van der Waals surface area contributed by atoms with E-state index in [1.165, 1.54) is 37.4 Å². The number of phenolic OH excluding ortho intramolecular Hbond substituents is 1. The molecule has 3 aromatic rings. The van der Waals surface area contributed by atoms with Gasteiger partial charge in [-0.25, -0.2) is 0 Å². The number of rotatable bonds is 5. The van der Waals surface area contributed by atoms with E-state index < -0.39 is 23.1 Å². The second-order valence-corrected chi connectivity index (χ2v) is 8.95. The van der Waals surface area contributed by atoms with Crippen molar-refractivity contribution in [2.24, 2.45) is 11.8 Å². The van der Waals surface area contributed by atoms with Gasteiger partial charge in [0.15, 0.2) is 0 Å². The minimum atomic E-state index is -5.00. The van der Waals surface area contributed by atoms with Crippen molar-refractivity contribution in [1.29, 1.82) is 0 Å². The Morgan fingerprint density at radius 3 is 2.44 bits per heavy atom. The molecule has 0 amide bonds. The van der Waals surface area contributed by atoms with Crippen molar-refractivity contribution in [1.82, 2.24) is 4.90 Å². The maximum Gasteiger partial charge on any atom is 0.453 e. The van der Waals surface area contributed by atoms with Crippen molar-refractivity contribution >= 4 is 11.0 Å². The van der Waals surface area contributed by atoms with Crippen molar-refractivity contribution in [2.75, 3.05) is 20.2 Å². The zero-order chi connectivity index (χ0) is 24.6. The molecular weight excluding hydrogens is 451 g/mol. The Kier molecular flexibility index (Phi) is 6.49. The Hall–Kier alpha value is -3.20. The van der Waals surface area contributed by atoms with Gasteiger partial charge in [-0.2, -0.15) is 13.2 Å². The molecule has 1 saturated heterocycles. The molecule has 0 spiro atoms. The molecule has 1 aliphatic rings. The summed E-state index contributed by atoms with van der Waals surface area (Å²) in [6, 6.07) is 8.45. The number of piperidine rings is 1. The summed E-state index contributed by atoms with van der Waals surface area (Å²) in [5.41, 5.74) is -1.12. The van der Waals surface area contributed by atoms with E-state index in [1.807, 2.05) is 0 Å². The van der Waals surface area contributed by atoms with Gasteiger partial charge in [-0.3, -0.25) is 9.69 Å². The molecule has 2 heterocycles. The van der Waals surface area contributed by atoms with E-state index in [1.54, 1.807) is 6.07 Å². The molecular formula is C25H26F3NO5. The van der Waals surface area contributed by atoms with E-state index >= 15 is 0 Å². The summed E-state index contributed by atoms with van der Waals surface area (Å²) in [5, 5.41) is 10.4. The van der Waals surface area contributed by atoms with Crippen LogP contribution in [0.2, 0.25) is 0 Å². The standard InChI is InChI=1S/C25H26F3NO5/c1-14-9-15(2)12-29(11-14)13-19-20(30)8-7-18-21(31)23(24(25(26,27)28)34-22(18)19)33-17-6-4-5-16(10-17)32-3/h4-8,10,14-15,30H,9,11-13H2,1-3H3. The van der Waals surface area contributed by atoms with Gasteiger partial charge in [-0.15, -0.1) is 0 Å². The van der Waals surface area contributed by atoms with E-state index in [9.17, 15) is 23.1 Å². The summed E-state index contributed by atoms with van der Waals surface area (Å²) in [4.78, 5) is 15.3. The van der Waals surface area contributed by atoms with E-state index in [0.717, 1.165) is 19.5 Å². The zero-order valence-corrected chi connectivity index (χ0v) is 19.1. The van der Waals surface area contributed by atoms with E-state index in [-0.39, 0.29) is 34.6 Å². The molecule has 0 bridgehead atoms. The van der Waals surface area contributed by atoms with Crippen LogP contribution in [0.5, 0.6) is 23.0 Å². The molecule has 34 heavy (non-hydrogen) atoms. The number of nitrogens with zero attached hydrogens (tertiary/aromatic N) is 1. The highest BCUT2D eigenvalue weighted by Gasteiger charge is 2.41. The number of benzene rings is 2. The fourth-order valence-electron chi connectivity index (χ4n) is 4.65. The first-order valence-electron chi connectivity index (χ1n) is 11.0. The average molecular weight is 477 g/mol. The van der Waals surface area contributed by atoms with Crippen LogP contribution in [0.3, 0.4) is 0 Å². The van der Waals surface area contributed by atoms with Gasteiger partial charge in [0.05, 0.1) is 18.1 Å². The number of phenols is 1. The number of methoxy groups -OCH3 is 1. The van der Waals surface area contributed by atoms with Gasteiger partial charge in [0.2, 0.25) is 11.2 Å². The Morgan fingerprint density at radius 2 is 1.79 bits per heavy atom. The SMILES string of the molecule is COc1cccc(Oc2c(C(F)(F)F)oc3c(CN4CC(C)CC(C)C4)c(O)ccc3c2=O)c1. The van der Waals surface area contributed by atoms with Crippen LogP contribution in [0.25, 0.3) is 11.0 Å². The molecule has 2 aromatic carbocycles. The number of likely N-dealkylation sites (tertiary alicyclic amines) is 1. The summed E-state index contributed by atoms with van der Waals surface area (Å²) in [6.45, 7) is 5.83. The lowest BCUT2D eigenvalue weighted by Crippen LogP contribution is -2.38. The summed E-state index contributed by atoms with van der Waals surface area (Å²) >= 11 is 0. The number of halogens is 3. The summed E-state index contributed by atoms with van der Waals surface area (Å²) in [6.07, 6.45) is -3.95. The Balaban J connectivity index is 1.84. The van der Waals surface area contributed by atoms with Gasteiger partial charge < -0.3 is 19.0 Å². The van der Waals surface area contributed by atoms with Crippen LogP contribution in [-0.2, 0) is 12.7 Å². The highest BCUT2D eigenvalue weighted by atomic mass is 19.4. The number of alkyl halides is 3. The van der Waals surface area contributed by atoms with Crippen LogP contribution in [0.1, 0.15) is 31.6 Å². The molecule has 2 unspecified atom stereocenters. The van der Waals surface area contributed by atoms with Crippen LogP contribution in [0.4, 0.5) is 13.2 Å². The molecule has 1 fully saturated rings. The Bertz CT molecular complexity index is 1240. The predicted molar refractivity (Wildman–Crippen MR) is 120 cm³/mol. The van der Waals surface area contributed by atoms with Gasteiger partial charge in [0.25, 0.3) is 5.76 Å². The smallest absolute Gasteiger partial charge is 0.453 e. The lowest BCUT2D eigenvalue weighted by atomic mass is 9.91. The van der Waals surface area contributed by atoms with Crippen molar-refractivity contribution in [3.8, 4) is 23.0 Å². The maximum atomic E-state index is 14.0. The van der Waals surface area contributed by atoms with Crippen LogP contribution in [0, 0.1) is 11.8 Å². The molecule has 9 heteroatoms. The number of fused-ring (bicyclic) bond motifs is 1. The van der Waals surface area contributed by atoms with Crippen molar-refractivity contribution < 1.29 is 32.2 Å². The van der Waals surface area contributed by atoms with Crippen LogP contribution >= 0.6 is 0 Å². The molecule has 2 atom stereocenters. The number of aromatic hydroxyl groups is 1. The molecule has 1 aromatic heterocycles. The molecule has 182 valence electrons. The first-order valence-corrected chi connectivity index (χ1v) is 11.0. The second-order valence-electron chi connectivity index (χ2n) is 8.95. The lowest BCUT2D eigenvalue weighted by Gasteiger charge is -2.35. The monoisotopic (exact) mass is 477 g/mol. The van der Waals surface area contributed by atoms with Crippen molar-refractivity contribution in [2.45, 2.75) is 33.0 Å². The summed E-state index contributed by atoms with van der Waals surface area (Å²) < 4.78 is 57.7. The number of hydrogen-bond donors (Lipinski definition) is 1. The largest absolute Gasteiger partial charge is 0.507 e. The van der Waals surface area contributed by atoms with E-state index in [0.29, 0.717) is 17.6 Å². The quantitative estimate of drug-likeness (QED) is 0.501. The lowest BCUT2D eigenvalue weighted by molar-refractivity contribution is -0.154. The minimum Gasteiger partial charge on any atom is -0.507 e. The summed E-state index contributed by atoms with van der Waals surface area (Å²) in [7, 11) is 1.41. The van der Waals surface area contributed by atoms with E-state index in [4.69, 9.17) is 13.9 Å². The fraction of sp³-hybridized carbons (Fsp3) is 0.400. The molecule has 0 radical (unpaired) electrons. The third-order valence-electron chi connectivity index (χ3n) is 5.94. The zero-order valence-electron chi connectivity index (χ0n) is 19.1. The van der Waals surface area contributed by atoms with Gasteiger partial charge in [0.1, 0.15) is 22.8 Å². The fourth-order valence-corrected chi connectivity index (χ4v) is 4.65. The molecule has 6 nitrogen and oxygen atoms in total. The topological polar surface area (TPSA) is 72.1 Å². The highest BCUT2D eigenvalue weighted by Crippen LogP contribution is 2.40. The number of hydrogen-bond acceptors (Lipinski definition) is 6. The second kappa shape index (κ2) is 9.21. The van der Waals surface area contributed by atoms with Gasteiger partial charge in [0, 0.05) is 25.7 Å². The molecule has 0 aliphatic carbocycles. The Morgan fingerprint density at radius 1 is 1.12 bits per heavy atom. The maximum absolute atomic E-state index is 14.0. The average Bonchev–Trinajstić information content (AvgIpc) is 2.76. The van der Waals surface area contributed by atoms with Crippen molar-refractivity contribution in [3.05, 3.63) is 57.9 Å². The number of ether oxygens (including phenoxy) is 2. The highest BCUT2D eigenvalue weighted by molar-refractivity contribution is 5.83. The minimum absolute atomic E-state index is 0.00760. The molecule has 4 rings (SSSR count). The van der Waals surface area contributed by atoms with Crippen molar-refractivity contribution in [3.63, 3.8) is 0 Å². The molecule has 1 aliphatic heterocycles. The van der Waals surface area contributed by atoms with Crippen LogP contribution in [0.15, 0.2) is 45.6 Å². The van der Waals surface area contributed by atoms with Gasteiger partial charge in [-0.1, -0.05) is 19.9 Å². The summed E-state index contributed by atoms with van der Waals surface area (Å²) in [5.74, 6) is -1.59. The first-order chi connectivity index (χ1) is 16.1. The Labute approximate surface area is 194 Å². The third kappa shape index (κ3) is 4.84. The molecule has 0 saturated carbocycles. The van der Waals surface area contributed by atoms with Crippen LogP contribution in [-0.4, -0.2) is 30.2 Å². The normalized spacial score (nSPS) is 19.4. The predicted octanol–water partition coefficient (Wildman–Crippen LogP) is 5.80. The van der Waals surface area contributed by atoms with E-state index in [2.05, 4.69) is 18.7 Å².